The van der Waals surface area contributed by atoms with E-state index in [1.54, 1.807) is 0 Å². The first-order valence-electron chi connectivity index (χ1n) is 12.5. The van der Waals surface area contributed by atoms with Crippen LogP contribution in [0.3, 0.4) is 0 Å². The fourth-order valence-electron chi connectivity index (χ4n) is 6.09. The van der Waals surface area contributed by atoms with E-state index in [1.165, 1.54) is 0 Å². The molecule has 5 rings (SSSR count). The summed E-state index contributed by atoms with van der Waals surface area (Å²) in [5.41, 5.74) is -1.28. The van der Waals surface area contributed by atoms with Crippen molar-refractivity contribution < 1.29 is 28.5 Å². The molecule has 0 aromatic heterocycles. The number of benzene rings is 2. The van der Waals surface area contributed by atoms with Gasteiger partial charge < -0.3 is 23.7 Å². The first-order valence-corrected chi connectivity index (χ1v) is 14.4. The number of hydrogen-bond donors (Lipinski definition) is 1. The zero-order chi connectivity index (χ0) is 25.1. The molecule has 5 atom stereocenters. The van der Waals surface area contributed by atoms with E-state index in [4.69, 9.17) is 18.6 Å². The molecule has 1 N–H and O–H groups in total. The molecule has 0 radical (unpaired) electrons. The van der Waals surface area contributed by atoms with Crippen molar-refractivity contribution in [2.75, 3.05) is 6.61 Å². The molecule has 2 heterocycles. The molecule has 0 bridgehead atoms. The Labute approximate surface area is 208 Å². The molecule has 0 spiro atoms. The highest BCUT2D eigenvalue weighted by atomic mass is 28.4. The maximum Gasteiger partial charge on any atom is 0.261 e. The SMILES string of the molecule is CC1(C)O[C@H]2[C@H]3O[C@H]3[C@](O)(CC(=O)CO[Si](c3ccccc3)(c3ccccc3)C(C)(C)C)C[C@H]2O1. The van der Waals surface area contributed by atoms with Crippen LogP contribution in [0.15, 0.2) is 60.7 Å². The molecular weight excluding hydrogens is 460 g/mol. The summed E-state index contributed by atoms with van der Waals surface area (Å²) < 4.78 is 24.5. The predicted molar refractivity (Wildman–Crippen MR) is 135 cm³/mol. The molecule has 2 aromatic carbocycles. The second-order valence-corrected chi connectivity index (χ2v) is 15.9. The van der Waals surface area contributed by atoms with Crippen LogP contribution in [0.25, 0.3) is 0 Å². The molecule has 3 aliphatic rings. The molecule has 188 valence electrons. The number of Topliss-reactive ketones (excluding diaryl/α,β-unsaturated/α-hetero) is 1. The zero-order valence-corrected chi connectivity index (χ0v) is 22.2. The van der Waals surface area contributed by atoms with Crippen molar-refractivity contribution in [3.05, 3.63) is 60.7 Å². The normalized spacial score (nSPS) is 31.5. The molecule has 6 nitrogen and oxygen atoms in total. The summed E-state index contributed by atoms with van der Waals surface area (Å²) in [7, 11) is -2.83. The van der Waals surface area contributed by atoms with Crippen LogP contribution in [-0.2, 0) is 23.4 Å². The third-order valence-corrected chi connectivity index (χ3v) is 12.5. The standard InChI is InChI=1S/C28H36O6Si/c1-26(2,3)35(20-12-8-6-9-13-20,21-14-10-7-11-15-21)31-18-19(29)16-28(30)17-22-23(24-25(28)32-24)34-27(4,5)33-22/h6-15,22-25,30H,16-18H2,1-5H3/t22-,23-,24-,25-,28+/m1/s1. The van der Waals surface area contributed by atoms with Crippen LogP contribution in [0, 0.1) is 0 Å². The van der Waals surface area contributed by atoms with E-state index in [2.05, 4.69) is 45.0 Å². The van der Waals surface area contributed by atoms with Crippen LogP contribution in [0.5, 0.6) is 0 Å². The molecule has 1 aliphatic carbocycles. The Hall–Kier alpha value is -1.87. The lowest BCUT2D eigenvalue weighted by atomic mass is 9.78. The summed E-state index contributed by atoms with van der Waals surface area (Å²) in [5.74, 6) is -0.848. The van der Waals surface area contributed by atoms with Gasteiger partial charge in [-0.2, -0.15) is 0 Å². The van der Waals surface area contributed by atoms with Crippen molar-refractivity contribution in [2.45, 2.75) is 88.3 Å². The highest BCUT2D eigenvalue weighted by Crippen LogP contribution is 2.51. The molecule has 2 aliphatic heterocycles. The molecule has 2 saturated heterocycles. The first kappa shape index (κ1) is 24.8. The number of epoxide rings is 1. The van der Waals surface area contributed by atoms with Gasteiger partial charge in [0.1, 0.15) is 23.9 Å². The zero-order valence-electron chi connectivity index (χ0n) is 21.2. The predicted octanol–water partition coefficient (Wildman–Crippen LogP) is 2.94. The van der Waals surface area contributed by atoms with E-state index in [9.17, 15) is 9.90 Å². The van der Waals surface area contributed by atoms with Crippen LogP contribution in [0.2, 0.25) is 5.04 Å². The third kappa shape index (κ3) is 4.43. The highest BCUT2D eigenvalue weighted by molar-refractivity contribution is 6.99. The first-order chi connectivity index (χ1) is 16.5. The fraction of sp³-hybridized carbons (Fsp3) is 0.536. The number of carbonyl (C=O) groups is 1. The maximum atomic E-state index is 13.3. The van der Waals surface area contributed by atoms with Crippen molar-refractivity contribution in [3.63, 3.8) is 0 Å². The summed E-state index contributed by atoms with van der Waals surface area (Å²) in [4.78, 5) is 13.3. The van der Waals surface area contributed by atoms with Crippen LogP contribution in [0.1, 0.15) is 47.5 Å². The van der Waals surface area contributed by atoms with E-state index in [0.29, 0.717) is 6.42 Å². The molecule has 1 saturated carbocycles. The molecule has 0 amide bonds. The number of rotatable bonds is 7. The molecule has 0 unspecified atom stereocenters. The third-order valence-electron chi connectivity index (χ3n) is 7.52. The van der Waals surface area contributed by atoms with Crippen molar-refractivity contribution in [1.82, 2.24) is 0 Å². The minimum absolute atomic E-state index is 0.0284. The van der Waals surface area contributed by atoms with Crippen molar-refractivity contribution in [3.8, 4) is 0 Å². The van der Waals surface area contributed by atoms with E-state index < -0.39 is 25.8 Å². The van der Waals surface area contributed by atoms with Gasteiger partial charge in [0.25, 0.3) is 8.32 Å². The minimum atomic E-state index is -2.83. The minimum Gasteiger partial charge on any atom is -0.400 e. The molecule has 2 aromatic rings. The lowest BCUT2D eigenvalue weighted by Crippen LogP contribution is -2.67. The largest absolute Gasteiger partial charge is 0.400 e. The van der Waals surface area contributed by atoms with Crippen LogP contribution in [0.4, 0.5) is 0 Å². The number of fused-ring (bicyclic) bond motifs is 3. The van der Waals surface area contributed by atoms with Gasteiger partial charge in [0.15, 0.2) is 11.6 Å². The molecular formula is C28H36O6Si. The number of carbonyl (C=O) groups excluding carboxylic acids is 1. The highest BCUT2D eigenvalue weighted by Gasteiger charge is 2.68. The molecule has 7 heteroatoms. The van der Waals surface area contributed by atoms with Crippen LogP contribution >= 0.6 is 0 Å². The van der Waals surface area contributed by atoms with Gasteiger partial charge >= 0.3 is 0 Å². The summed E-state index contributed by atoms with van der Waals surface area (Å²) in [6.45, 7) is 10.2. The van der Waals surface area contributed by atoms with Crippen LogP contribution in [-0.4, -0.2) is 61.6 Å². The number of ether oxygens (including phenoxy) is 3. The van der Waals surface area contributed by atoms with Gasteiger partial charge in [-0.25, -0.2) is 0 Å². The lowest BCUT2D eigenvalue weighted by molar-refractivity contribution is -0.152. The average molecular weight is 497 g/mol. The smallest absolute Gasteiger partial charge is 0.261 e. The molecule has 3 fully saturated rings. The summed E-state index contributed by atoms with van der Waals surface area (Å²) in [6, 6.07) is 20.5. The van der Waals surface area contributed by atoms with Crippen molar-refractivity contribution in [2.24, 2.45) is 0 Å². The summed E-state index contributed by atoms with van der Waals surface area (Å²) >= 11 is 0. The Balaban J connectivity index is 1.37. The van der Waals surface area contributed by atoms with Gasteiger partial charge in [0.05, 0.1) is 12.7 Å². The average Bonchev–Trinajstić information content (AvgIpc) is 3.54. The number of hydrogen-bond acceptors (Lipinski definition) is 6. The summed E-state index contributed by atoms with van der Waals surface area (Å²) in [5, 5.41) is 13.5. The van der Waals surface area contributed by atoms with Gasteiger partial charge in [0.2, 0.25) is 0 Å². The second-order valence-electron chi connectivity index (χ2n) is 11.6. The quantitative estimate of drug-likeness (QED) is 0.469. The lowest BCUT2D eigenvalue weighted by Gasteiger charge is -2.43. The number of ketones is 1. The van der Waals surface area contributed by atoms with Crippen LogP contribution < -0.4 is 10.4 Å². The Morgan fingerprint density at radius 3 is 2.11 bits per heavy atom. The Morgan fingerprint density at radius 1 is 1.00 bits per heavy atom. The molecule has 35 heavy (non-hydrogen) atoms. The van der Waals surface area contributed by atoms with Gasteiger partial charge in [0, 0.05) is 12.8 Å². The Kier molecular flexibility index (Phi) is 6.10. The monoisotopic (exact) mass is 496 g/mol. The van der Waals surface area contributed by atoms with E-state index in [0.717, 1.165) is 10.4 Å². The maximum absolute atomic E-state index is 13.3. The van der Waals surface area contributed by atoms with Gasteiger partial charge in [-0.15, -0.1) is 0 Å². The van der Waals surface area contributed by atoms with E-state index in [1.807, 2.05) is 50.2 Å². The van der Waals surface area contributed by atoms with Crippen molar-refractivity contribution >= 4 is 24.5 Å². The van der Waals surface area contributed by atoms with Gasteiger partial charge in [-0.05, 0) is 29.3 Å². The van der Waals surface area contributed by atoms with E-state index in [-0.39, 0.29) is 42.2 Å². The Morgan fingerprint density at radius 2 is 1.57 bits per heavy atom. The van der Waals surface area contributed by atoms with Crippen molar-refractivity contribution in [1.29, 1.82) is 0 Å². The van der Waals surface area contributed by atoms with E-state index >= 15 is 0 Å². The Bertz CT molecular complexity index is 1030. The van der Waals surface area contributed by atoms with Gasteiger partial charge in [-0.3, -0.25) is 4.79 Å². The topological polar surface area (TPSA) is 77.5 Å². The number of aliphatic hydroxyl groups is 1. The van der Waals surface area contributed by atoms with Gasteiger partial charge in [-0.1, -0.05) is 81.4 Å². The fourth-order valence-corrected chi connectivity index (χ4v) is 10.6. The summed E-state index contributed by atoms with van der Waals surface area (Å²) in [6.07, 6.45) is -0.834. The second kappa shape index (κ2) is 8.61.